The summed E-state index contributed by atoms with van der Waals surface area (Å²) in [5, 5.41) is 3.78. The lowest BCUT2D eigenvalue weighted by Crippen LogP contribution is -2.55. The summed E-state index contributed by atoms with van der Waals surface area (Å²) in [6, 6.07) is 3.88. The van der Waals surface area contributed by atoms with E-state index in [1.54, 1.807) is 18.2 Å². The van der Waals surface area contributed by atoms with Gasteiger partial charge in [0, 0.05) is 31.1 Å². The van der Waals surface area contributed by atoms with E-state index in [1.807, 2.05) is 0 Å². The summed E-state index contributed by atoms with van der Waals surface area (Å²) < 4.78 is 28.3. The van der Waals surface area contributed by atoms with E-state index in [-0.39, 0.29) is 24.9 Å². The zero-order valence-electron chi connectivity index (χ0n) is 12.7. The van der Waals surface area contributed by atoms with Crippen LogP contribution >= 0.6 is 11.6 Å². The predicted octanol–water partition coefficient (Wildman–Crippen LogP) is 3.12. The molecule has 2 heterocycles. The van der Waals surface area contributed by atoms with Crippen molar-refractivity contribution in [3.8, 4) is 0 Å². The maximum absolute atomic E-state index is 14.2. The number of piperidine rings is 1. The Morgan fingerprint density at radius 1 is 1.50 bits per heavy atom. The van der Waals surface area contributed by atoms with Gasteiger partial charge in [0.15, 0.2) is 0 Å². The van der Waals surface area contributed by atoms with E-state index in [2.05, 4.69) is 21.9 Å². The molecule has 0 radical (unpaired) electrons. The van der Waals surface area contributed by atoms with Gasteiger partial charge < -0.3 is 10.2 Å². The van der Waals surface area contributed by atoms with Crippen molar-refractivity contribution in [2.75, 3.05) is 18.4 Å². The van der Waals surface area contributed by atoms with Crippen molar-refractivity contribution in [2.24, 2.45) is 0 Å². The van der Waals surface area contributed by atoms with Gasteiger partial charge in [-0.3, -0.25) is 4.79 Å². The smallest absolute Gasteiger partial charge is 0.271 e. The standard InChI is InChI=1S/C16H15ClF2N4O/c1-2-14(24)23-7-6-16(18,19)13(9-23)22-15-20-8-10-11(17)4-3-5-12(10)21-15/h2-5,8,13H,1,6-7,9H2,(H,20,21,22)/t13-/m1/s1. The number of alkyl halides is 2. The van der Waals surface area contributed by atoms with Crippen molar-refractivity contribution in [3.05, 3.63) is 42.1 Å². The number of benzene rings is 1. The third-order valence-electron chi connectivity index (χ3n) is 3.99. The van der Waals surface area contributed by atoms with Gasteiger partial charge in [0.25, 0.3) is 5.92 Å². The molecule has 1 fully saturated rings. The number of carbonyl (C=O) groups excluding carboxylic acids is 1. The Hall–Kier alpha value is -2.28. The van der Waals surface area contributed by atoms with Crippen LogP contribution in [-0.2, 0) is 4.79 Å². The van der Waals surface area contributed by atoms with Crippen LogP contribution in [0.4, 0.5) is 14.7 Å². The zero-order valence-corrected chi connectivity index (χ0v) is 13.4. The summed E-state index contributed by atoms with van der Waals surface area (Å²) >= 11 is 6.04. The number of hydrogen-bond acceptors (Lipinski definition) is 4. The van der Waals surface area contributed by atoms with Crippen LogP contribution in [0.25, 0.3) is 10.9 Å². The quantitative estimate of drug-likeness (QED) is 0.862. The number of fused-ring (bicyclic) bond motifs is 1. The molecule has 0 bridgehead atoms. The predicted molar refractivity (Wildman–Crippen MR) is 88.3 cm³/mol. The molecule has 1 aliphatic heterocycles. The van der Waals surface area contributed by atoms with Gasteiger partial charge in [-0.25, -0.2) is 18.7 Å². The second-order valence-electron chi connectivity index (χ2n) is 5.56. The van der Waals surface area contributed by atoms with Crippen molar-refractivity contribution in [1.82, 2.24) is 14.9 Å². The Labute approximate surface area is 142 Å². The average Bonchev–Trinajstić information content (AvgIpc) is 2.56. The first-order valence-corrected chi connectivity index (χ1v) is 7.75. The molecule has 2 aromatic rings. The van der Waals surface area contributed by atoms with Crippen molar-refractivity contribution in [1.29, 1.82) is 0 Å². The van der Waals surface area contributed by atoms with E-state index in [9.17, 15) is 13.6 Å². The highest BCUT2D eigenvalue weighted by Gasteiger charge is 2.45. The molecule has 5 nitrogen and oxygen atoms in total. The van der Waals surface area contributed by atoms with Crippen LogP contribution in [0.5, 0.6) is 0 Å². The fraction of sp³-hybridized carbons (Fsp3) is 0.312. The molecule has 1 aliphatic rings. The number of amides is 1. The molecule has 1 aromatic carbocycles. The molecule has 8 heteroatoms. The van der Waals surface area contributed by atoms with Crippen LogP contribution in [-0.4, -0.2) is 45.8 Å². The van der Waals surface area contributed by atoms with Gasteiger partial charge in [-0.15, -0.1) is 0 Å². The van der Waals surface area contributed by atoms with Gasteiger partial charge in [-0.05, 0) is 18.2 Å². The Bertz CT molecular complexity index is 799. The minimum atomic E-state index is -2.97. The second kappa shape index (κ2) is 6.32. The molecule has 0 spiro atoms. The molecule has 24 heavy (non-hydrogen) atoms. The molecule has 0 aliphatic carbocycles. The second-order valence-corrected chi connectivity index (χ2v) is 5.97. The summed E-state index contributed by atoms with van der Waals surface area (Å²) in [6.07, 6.45) is 2.18. The highest BCUT2D eigenvalue weighted by molar-refractivity contribution is 6.35. The maximum Gasteiger partial charge on any atom is 0.271 e. The van der Waals surface area contributed by atoms with Crippen LogP contribution in [0.1, 0.15) is 6.42 Å². The molecule has 1 atom stereocenters. The Kier molecular flexibility index (Phi) is 4.36. The number of rotatable bonds is 3. The number of hydrogen-bond donors (Lipinski definition) is 1. The highest BCUT2D eigenvalue weighted by atomic mass is 35.5. The Morgan fingerprint density at radius 2 is 2.29 bits per heavy atom. The SMILES string of the molecule is C=CC(=O)N1CCC(F)(F)[C@H](Nc2ncc3c(Cl)cccc3n2)C1. The summed E-state index contributed by atoms with van der Waals surface area (Å²) in [6.45, 7) is 3.23. The average molecular weight is 353 g/mol. The Balaban J connectivity index is 1.85. The number of likely N-dealkylation sites (tertiary alicyclic amines) is 1. The first kappa shape index (κ1) is 16.6. The number of anilines is 1. The van der Waals surface area contributed by atoms with E-state index < -0.39 is 18.4 Å². The maximum atomic E-state index is 14.2. The van der Waals surface area contributed by atoms with Crippen molar-refractivity contribution < 1.29 is 13.6 Å². The van der Waals surface area contributed by atoms with Gasteiger partial charge in [-0.1, -0.05) is 24.2 Å². The summed E-state index contributed by atoms with van der Waals surface area (Å²) in [7, 11) is 0. The molecule has 0 saturated carbocycles. The Morgan fingerprint density at radius 3 is 3.04 bits per heavy atom. The van der Waals surface area contributed by atoms with Gasteiger partial charge in [0.05, 0.1) is 10.5 Å². The largest absolute Gasteiger partial charge is 0.344 e. The lowest BCUT2D eigenvalue weighted by molar-refractivity contribution is -0.133. The lowest BCUT2D eigenvalue weighted by Gasteiger charge is -2.38. The van der Waals surface area contributed by atoms with Crippen LogP contribution in [0.3, 0.4) is 0 Å². The molecule has 0 unspecified atom stereocenters. The van der Waals surface area contributed by atoms with Crippen molar-refractivity contribution >= 4 is 34.4 Å². The van der Waals surface area contributed by atoms with Crippen LogP contribution < -0.4 is 5.32 Å². The molecule has 1 saturated heterocycles. The normalized spacial score (nSPS) is 20.0. The van der Waals surface area contributed by atoms with E-state index in [1.165, 1.54) is 11.1 Å². The lowest BCUT2D eigenvalue weighted by atomic mass is 10.0. The fourth-order valence-corrected chi connectivity index (χ4v) is 2.85. The van der Waals surface area contributed by atoms with Gasteiger partial charge in [-0.2, -0.15) is 0 Å². The monoisotopic (exact) mass is 352 g/mol. The third kappa shape index (κ3) is 3.17. The topological polar surface area (TPSA) is 58.1 Å². The third-order valence-corrected chi connectivity index (χ3v) is 4.32. The number of halogens is 3. The van der Waals surface area contributed by atoms with Crippen LogP contribution in [0, 0.1) is 0 Å². The van der Waals surface area contributed by atoms with E-state index in [4.69, 9.17) is 11.6 Å². The molecule has 1 aromatic heterocycles. The van der Waals surface area contributed by atoms with Gasteiger partial charge in [0.2, 0.25) is 11.9 Å². The minimum absolute atomic E-state index is 0.00970. The number of aromatic nitrogens is 2. The van der Waals surface area contributed by atoms with Gasteiger partial charge in [0.1, 0.15) is 6.04 Å². The zero-order chi connectivity index (χ0) is 17.3. The molecule has 126 valence electrons. The van der Waals surface area contributed by atoms with E-state index in [0.717, 1.165) is 6.08 Å². The summed E-state index contributed by atoms with van der Waals surface area (Å²) in [5.74, 6) is -3.27. The van der Waals surface area contributed by atoms with Gasteiger partial charge >= 0.3 is 0 Å². The first-order valence-electron chi connectivity index (χ1n) is 7.37. The number of nitrogens with one attached hydrogen (secondary N) is 1. The molecule has 1 N–H and O–H groups in total. The minimum Gasteiger partial charge on any atom is -0.344 e. The molecule has 3 rings (SSSR count). The molecule has 1 amide bonds. The summed E-state index contributed by atoms with van der Waals surface area (Å²) in [5.41, 5.74) is 0.554. The van der Waals surface area contributed by atoms with Crippen molar-refractivity contribution in [3.63, 3.8) is 0 Å². The number of carbonyl (C=O) groups is 1. The van der Waals surface area contributed by atoms with E-state index in [0.29, 0.717) is 15.9 Å². The highest BCUT2D eigenvalue weighted by Crippen LogP contribution is 2.31. The number of nitrogens with zero attached hydrogens (tertiary/aromatic N) is 3. The molecular weight excluding hydrogens is 338 g/mol. The molecular formula is C16H15ClF2N4O. The first-order chi connectivity index (χ1) is 11.4. The summed E-state index contributed by atoms with van der Waals surface area (Å²) in [4.78, 5) is 21.3. The van der Waals surface area contributed by atoms with Crippen molar-refractivity contribution in [2.45, 2.75) is 18.4 Å². The van der Waals surface area contributed by atoms with E-state index >= 15 is 0 Å². The fourth-order valence-electron chi connectivity index (χ4n) is 2.63. The van der Waals surface area contributed by atoms with Crippen LogP contribution in [0.15, 0.2) is 37.1 Å². The van der Waals surface area contributed by atoms with Crippen LogP contribution in [0.2, 0.25) is 5.02 Å².